The molecule has 1 aliphatic carbocycles. The highest BCUT2D eigenvalue weighted by Gasteiger charge is 2.23. The quantitative estimate of drug-likeness (QED) is 0.691. The van der Waals surface area contributed by atoms with Crippen molar-refractivity contribution in [2.75, 3.05) is 0 Å². The maximum atomic E-state index is 11.2. The van der Waals surface area contributed by atoms with E-state index in [2.05, 4.69) is 32.9 Å². The molecule has 2 heteroatoms. The smallest absolute Gasteiger partial charge is 0.150 e. The van der Waals surface area contributed by atoms with Gasteiger partial charge in [-0.05, 0) is 40.7 Å². The molecule has 0 saturated heterocycles. The van der Waals surface area contributed by atoms with E-state index in [0.29, 0.717) is 10.6 Å². The molecule has 1 nitrogen and oxygen atoms in total. The fraction of sp³-hybridized carbons (Fsp3) is 0.312. The van der Waals surface area contributed by atoms with Crippen LogP contribution in [0.25, 0.3) is 5.57 Å². The van der Waals surface area contributed by atoms with Crippen LogP contribution in [0.3, 0.4) is 0 Å². The van der Waals surface area contributed by atoms with Crippen molar-refractivity contribution >= 4 is 23.5 Å². The zero-order valence-corrected chi connectivity index (χ0v) is 11.7. The van der Waals surface area contributed by atoms with E-state index >= 15 is 0 Å². The van der Waals surface area contributed by atoms with Gasteiger partial charge in [0.25, 0.3) is 0 Å². The second-order valence-corrected chi connectivity index (χ2v) is 6.03. The van der Waals surface area contributed by atoms with Gasteiger partial charge in [0.15, 0.2) is 6.29 Å². The van der Waals surface area contributed by atoms with E-state index in [-0.39, 0.29) is 5.41 Å². The van der Waals surface area contributed by atoms with Gasteiger partial charge in [0.1, 0.15) is 0 Å². The summed E-state index contributed by atoms with van der Waals surface area (Å²) in [7, 11) is 0. The monoisotopic (exact) mass is 260 g/mol. The van der Waals surface area contributed by atoms with Crippen LogP contribution in [0.5, 0.6) is 0 Å². The molecule has 0 aromatic heterocycles. The summed E-state index contributed by atoms with van der Waals surface area (Å²) in [6.45, 7) is 6.57. The Kier molecular flexibility index (Phi) is 3.45. The number of benzene rings is 1. The lowest BCUT2D eigenvalue weighted by molar-refractivity contribution is 0.112. The standard InChI is InChI=1S/C16H17ClO/c1-16(2,3)15-6-4-5-14(15)13-8-7-12(17)9-11(13)10-18/h4,6-10H,5H2,1-3H3. The number of aldehydes is 1. The molecule has 94 valence electrons. The van der Waals surface area contributed by atoms with Crippen molar-refractivity contribution in [1.29, 1.82) is 0 Å². The van der Waals surface area contributed by atoms with E-state index in [4.69, 9.17) is 11.6 Å². The van der Waals surface area contributed by atoms with E-state index < -0.39 is 0 Å². The van der Waals surface area contributed by atoms with Gasteiger partial charge < -0.3 is 0 Å². The number of hydrogen-bond donors (Lipinski definition) is 0. The van der Waals surface area contributed by atoms with Crippen LogP contribution in [-0.2, 0) is 0 Å². The number of rotatable bonds is 2. The summed E-state index contributed by atoms with van der Waals surface area (Å²) in [5.74, 6) is 0. The summed E-state index contributed by atoms with van der Waals surface area (Å²) < 4.78 is 0. The van der Waals surface area contributed by atoms with Gasteiger partial charge in [-0.1, -0.05) is 50.6 Å². The van der Waals surface area contributed by atoms with Crippen LogP contribution in [0, 0.1) is 5.41 Å². The zero-order valence-electron chi connectivity index (χ0n) is 11.0. The van der Waals surface area contributed by atoms with Gasteiger partial charge >= 0.3 is 0 Å². The van der Waals surface area contributed by atoms with Crippen molar-refractivity contribution in [2.45, 2.75) is 27.2 Å². The van der Waals surface area contributed by atoms with E-state index in [1.807, 2.05) is 12.1 Å². The number of halogens is 1. The maximum absolute atomic E-state index is 11.2. The van der Waals surface area contributed by atoms with Crippen LogP contribution in [0.15, 0.2) is 35.9 Å². The van der Waals surface area contributed by atoms with Crippen molar-refractivity contribution in [3.8, 4) is 0 Å². The molecule has 1 aliphatic rings. The summed E-state index contributed by atoms with van der Waals surface area (Å²) >= 11 is 5.94. The number of carbonyl (C=O) groups is 1. The highest BCUT2D eigenvalue weighted by Crippen LogP contribution is 2.40. The number of allylic oxidation sites excluding steroid dienone is 4. The Hall–Kier alpha value is -1.34. The molecule has 0 heterocycles. The first-order valence-electron chi connectivity index (χ1n) is 6.09. The second-order valence-electron chi connectivity index (χ2n) is 5.60. The Labute approximate surface area is 113 Å². The van der Waals surface area contributed by atoms with Crippen molar-refractivity contribution < 1.29 is 4.79 Å². The predicted molar refractivity (Wildman–Crippen MR) is 77.0 cm³/mol. The number of carbonyl (C=O) groups excluding carboxylic acids is 1. The third-order valence-electron chi connectivity index (χ3n) is 3.21. The normalized spacial score (nSPS) is 15.3. The van der Waals surface area contributed by atoms with E-state index in [9.17, 15) is 4.79 Å². The molecule has 0 amide bonds. The molecule has 0 radical (unpaired) electrons. The molecule has 0 atom stereocenters. The van der Waals surface area contributed by atoms with Gasteiger partial charge in [-0.2, -0.15) is 0 Å². The lowest BCUT2D eigenvalue weighted by Gasteiger charge is -2.22. The maximum Gasteiger partial charge on any atom is 0.150 e. The topological polar surface area (TPSA) is 17.1 Å². The predicted octanol–water partition coefficient (Wildman–Crippen LogP) is 4.91. The molecule has 0 unspecified atom stereocenters. The van der Waals surface area contributed by atoms with Crippen molar-refractivity contribution in [2.24, 2.45) is 5.41 Å². The van der Waals surface area contributed by atoms with Crippen molar-refractivity contribution in [3.05, 3.63) is 52.1 Å². The molecule has 0 bridgehead atoms. The van der Waals surface area contributed by atoms with Crippen molar-refractivity contribution in [1.82, 2.24) is 0 Å². The van der Waals surface area contributed by atoms with Gasteiger partial charge in [0.05, 0.1) is 0 Å². The van der Waals surface area contributed by atoms with Gasteiger partial charge in [-0.3, -0.25) is 4.79 Å². The molecule has 0 fully saturated rings. The van der Waals surface area contributed by atoms with Crippen LogP contribution in [0.2, 0.25) is 5.02 Å². The third-order valence-corrected chi connectivity index (χ3v) is 3.44. The molecule has 0 N–H and O–H groups in total. The first kappa shape index (κ1) is 13.1. The molecule has 0 aliphatic heterocycles. The van der Waals surface area contributed by atoms with Crippen LogP contribution >= 0.6 is 11.6 Å². The molecule has 2 rings (SSSR count). The van der Waals surface area contributed by atoms with Gasteiger partial charge in [-0.15, -0.1) is 0 Å². The Bertz CT molecular complexity index is 545. The van der Waals surface area contributed by atoms with Crippen LogP contribution < -0.4 is 0 Å². The first-order chi connectivity index (χ1) is 8.43. The molecular weight excluding hydrogens is 244 g/mol. The summed E-state index contributed by atoms with van der Waals surface area (Å²) in [5, 5.41) is 0.602. The fourth-order valence-electron chi connectivity index (χ4n) is 2.37. The zero-order chi connectivity index (χ0) is 13.3. The SMILES string of the molecule is CC(C)(C)C1=C(c2ccc(Cl)cc2C=O)CC=C1. The molecule has 0 spiro atoms. The molecule has 0 saturated carbocycles. The lowest BCUT2D eigenvalue weighted by Crippen LogP contribution is -2.08. The van der Waals surface area contributed by atoms with Gasteiger partial charge in [0.2, 0.25) is 0 Å². The average molecular weight is 261 g/mol. The lowest BCUT2D eigenvalue weighted by atomic mass is 9.82. The van der Waals surface area contributed by atoms with Gasteiger partial charge in [0, 0.05) is 10.6 Å². The fourth-order valence-corrected chi connectivity index (χ4v) is 2.55. The highest BCUT2D eigenvalue weighted by molar-refractivity contribution is 6.31. The third kappa shape index (κ3) is 2.41. The number of hydrogen-bond acceptors (Lipinski definition) is 1. The summed E-state index contributed by atoms with van der Waals surface area (Å²) in [5.41, 5.74) is 4.30. The molecule has 1 aromatic carbocycles. The van der Waals surface area contributed by atoms with Crippen LogP contribution in [0.1, 0.15) is 43.1 Å². The largest absolute Gasteiger partial charge is 0.298 e. The van der Waals surface area contributed by atoms with Crippen molar-refractivity contribution in [3.63, 3.8) is 0 Å². The summed E-state index contributed by atoms with van der Waals surface area (Å²) in [6, 6.07) is 5.52. The molecule has 1 aromatic rings. The Balaban J connectivity index is 2.59. The minimum absolute atomic E-state index is 0.0854. The van der Waals surface area contributed by atoms with E-state index in [1.165, 1.54) is 11.1 Å². The second kappa shape index (κ2) is 4.74. The Morgan fingerprint density at radius 3 is 2.61 bits per heavy atom. The highest BCUT2D eigenvalue weighted by atomic mass is 35.5. The minimum Gasteiger partial charge on any atom is -0.298 e. The van der Waals surface area contributed by atoms with Gasteiger partial charge in [-0.25, -0.2) is 0 Å². The minimum atomic E-state index is 0.0854. The van der Waals surface area contributed by atoms with Crippen LogP contribution in [0.4, 0.5) is 0 Å². The van der Waals surface area contributed by atoms with E-state index in [1.54, 1.807) is 6.07 Å². The Morgan fingerprint density at radius 1 is 1.28 bits per heavy atom. The average Bonchev–Trinajstić information content (AvgIpc) is 2.77. The first-order valence-corrected chi connectivity index (χ1v) is 6.46. The molecular formula is C16H17ClO. The summed E-state index contributed by atoms with van der Waals surface area (Å²) in [4.78, 5) is 11.2. The molecule has 18 heavy (non-hydrogen) atoms. The van der Waals surface area contributed by atoms with Crippen LogP contribution in [-0.4, -0.2) is 6.29 Å². The summed E-state index contributed by atoms with van der Waals surface area (Å²) in [6.07, 6.45) is 6.08. The Morgan fingerprint density at radius 2 is 2.00 bits per heavy atom. The van der Waals surface area contributed by atoms with E-state index in [0.717, 1.165) is 18.3 Å².